The van der Waals surface area contributed by atoms with Crippen LogP contribution < -0.4 is 0 Å². The SMILES string of the molecule is C=C(C)[C@@H](C)[C@H](C)Cc1ccccc1. The average Bonchev–Trinajstić information content (AvgIpc) is 2.18. The van der Waals surface area contributed by atoms with Gasteiger partial charge in [-0.05, 0) is 30.7 Å². The highest BCUT2D eigenvalue weighted by molar-refractivity contribution is 5.15. The van der Waals surface area contributed by atoms with Crippen LogP contribution in [0.25, 0.3) is 0 Å². The van der Waals surface area contributed by atoms with Crippen LogP contribution in [0.1, 0.15) is 26.3 Å². The second-order valence-corrected chi connectivity index (χ2v) is 4.30. The third kappa shape index (κ3) is 3.02. The van der Waals surface area contributed by atoms with E-state index < -0.39 is 0 Å². The van der Waals surface area contributed by atoms with E-state index in [0.29, 0.717) is 11.8 Å². The Morgan fingerprint density at radius 2 is 1.79 bits per heavy atom. The first kappa shape index (κ1) is 11.0. The number of hydrogen-bond acceptors (Lipinski definition) is 0. The summed E-state index contributed by atoms with van der Waals surface area (Å²) in [5, 5.41) is 0. The van der Waals surface area contributed by atoms with E-state index >= 15 is 0 Å². The van der Waals surface area contributed by atoms with Gasteiger partial charge in [-0.1, -0.05) is 56.3 Å². The molecule has 0 aliphatic rings. The summed E-state index contributed by atoms with van der Waals surface area (Å²) in [5.41, 5.74) is 2.71. The Kier molecular flexibility index (Phi) is 3.94. The quantitative estimate of drug-likeness (QED) is 0.625. The maximum Gasteiger partial charge on any atom is -0.0208 e. The van der Waals surface area contributed by atoms with Crippen LogP contribution in [0.3, 0.4) is 0 Å². The van der Waals surface area contributed by atoms with Gasteiger partial charge in [-0.15, -0.1) is 0 Å². The van der Waals surface area contributed by atoms with Gasteiger partial charge in [0.1, 0.15) is 0 Å². The van der Waals surface area contributed by atoms with Crippen molar-refractivity contribution in [1.82, 2.24) is 0 Å². The van der Waals surface area contributed by atoms with Crippen molar-refractivity contribution in [2.45, 2.75) is 27.2 Å². The predicted molar refractivity (Wildman–Crippen MR) is 63.3 cm³/mol. The maximum atomic E-state index is 4.02. The molecule has 0 aromatic heterocycles. The monoisotopic (exact) mass is 188 g/mol. The Morgan fingerprint density at radius 1 is 1.21 bits per heavy atom. The lowest BCUT2D eigenvalue weighted by Gasteiger charge is -2.20. The van der Waals surface area contributed by atoms with Crippen molar-refractivity contribution in [2.75, 3.05) is 0 Å². The summed E-state index contributed by atoms with van der Waals surface area (Å²) in [6, 6.07) is 10.7. The van der Waals surface area contributed by atoms with Crippen LogP contribution in [0, 0.1) is 11.8 Å². The molecule has 0 spiro atoms. The Morgan fingerprint density at radius 3 is 2.29 bits per heavy atom. The number of hydrogen-bond donors (Lipinski definition) is 0. The molecule has 0 fully saturated rings. The molecule has 0 aliphatic heterocycles. The van der Waals surface area contributed by atoms with Crippen molar-refractivity contribution >= 4 is 0 Å². The van der Waals surface area contributed by atoms with E-state index in [-0.39, 0.29) is 0 Å². The average molecular weight is 188 g/mol. The molecule has 1 aromatic rings. The van der Waals surface area contributed by atoms with Crippen LogP contribution in [0.4, 0.5) is 0 Å². The Bertz CT molecular complexity index is 284. The molecule has 14 heavy (non-hydrogen) atoms. The summed E-state index contributed by atoms with van der Waals surface area (Å²) >= 11 is 0. The van der Waals surface area contributed by atoms with Crippen molar-refractivity contribution in [1.29, 1.82) is 0 Å². The maximum absolute atomic E-state index is 4.02. The first-order valence-electron chi connectivity index (χ1n) is 5.30. The van der Waals surface area contributed by atoms with Crippen LogP contribution in [-0.2, 0) is 6.42 Å². The zero-order valence-electron chi connectivity index (χ0n) is 9.46. The second-order valence-electron chi connectivity index (χ2n) is 4.30. The van der Waals surface area contributed by atoms with Gasteiger partial charge in [0.2, 0.25) is 0 Å². The van der Waals surface area contributed by atoms with E-state index in [2.05, 4.69) is 57.7 Å². The van der Waals surface area contributed by atoms with Gasteiger partial charge >= 0.3 is 0 Å². The van der Waals surface area contributed by atoms with Gasteiger partial charge in [0.05, 0.1) is 0 Å². The summed E-state index contributed by atoms with van der Waals surface area (Å²) in [6.45, 7) is 10.7. The molecule has 0 heteroatoms. The molecule has 0 nitrogen and oxygen atoms in total. The van der Waals surface area contributed by atoms with Crippen molar-refractivity contribution in [2.24, 2.45) is 11.8 Å². The second kappa shape index (κ2) is 4.99. The van der Waals surface area contributed by atoms with Gasteiger partial charge in [-0.25, -0.2) is 0 Å². The summed E-state index contributed by atoms with van der Waals surface area (Å²) < 4.78 is 0. The van der Waals surface area contributed by atoms with Crippen LogP contribution >= 0.6 is 0 Å². The summed E-state index contributed by atoms with van der Waals surface area (Å²) in [4.78, 5) is 0. The summed E-state index contributed by atoms with van der Waals surface area (Å²) in [7, 11) is 0. The molecule has 0 heterocycles. The fraction of sp³-hybridized carbons (Fsp3) is 0.429. The smallest absolute Gasteiger partial charge is 0.0208 e. The minimum atomic E-state index is 0.607. The standard InChI is InChI=1S/C14H20/c1-11(2)13(4)12(3)10-14-8-6-5-7-9-14/h5-9,12-13H,1,10H2,2-4H3/t12-,13-/m1/s1. The fourth-order valence-electron chi connectivity index (χ4n) is 1.65. The van der Waals surface area contributed by atoms with E-state index in [1.807, 2.05) is 0 Å². The molecule has 1 aromatic carbocycles. The fourth-order valence-corrected chi connectivity index (χ4v) is 1.65. The number of allylic oxidation sites excluding steroid dienone is 1. The normalized spacial score (nSPS) is 14.8. The molecule has 1 rings (SSSR count). The van der Waals surface area contributed by atoms with Crippen LogP contribution in [0.15, 0.2) is 42.5 Å². The van der Waals surface area contributed by atoms with Crippen molar-refractivity contribution < 1.29 is 0 Å². The van der Waals surface area contributed by atoms with E-state index in [1.54, 1.807) is 0 Å². The highest BCUT2D eigenvalue weighted by Gasteiger charge is 2.12. The molecule has 0 bridgehead atoms. The molecule has 0 amide bonds. The lowest BCUT2D eigenvalue weighted by Crippen LogP contribution is -2.11. The minimum absolute atomic E-state index is 0.607. The third-order valence-corrected chi connectivity index (χ3v) is 3.03. The van der Waals surface area contributed by atoms with Gasteiger partial charge in [0.15, 0.2) is 0 Å². The van der Waals surface area contributed by atoms with Gasteiger partial charge < -0.3 is 0 Å². The highest BCUT2D eigenvalue weighted by Crippen LogP contribution is 2.22. The van der Waals surface area contributed by atoms with Crippen molar-refractivity contribution in [3.63, 3.8) is 0 Å². The van der Waals surface area contributed by atoms with E-state index in [4.69, 9.17) is 0 Å². The van der Waals surface area contributed by atoms with E-state index in [9.17, 15) is 0 Å². The van der Waals surface area contributed by atoms with Gasteiger partial charge in [0.25, 0.3) is 0 Å². The minimum Gasteiger partial charge on any atom is -0.0999 e. The molecule has 0 N–H and O–H groups in total. The Balaban J connectivity index is 2.57. The molecule has 76 valence electrons. The Labute approximate surface area is 87.7 Å². The van der Waals surface area contributed by atoms with E-state index in [1.165, 1.54) is 11.1 Å². The van der Waals surface area contributed by atoms with Gasteiger partial charge in [-0.3, -0.25) is 0 Å². The van der Waals surface area contributed by atoms with Crippen LogP contribution in [0.2, 0.25) is 0 Å². The first-order chi connectivity index (χ1) is 6.61. The molecule has 0 unspecified atom stereocenters. The topological polar surface area (TPSA) is 0 Å². The number of benzene rings is 1. The molecule has 0 radical (unpaired) electrons. The zero-order chi connectivity index (χ0) is 10.6. The first-order valence-corrected chi connectivity index (χ1v) is 5.30. The lowest BCUT2D eigenvalue weighted by molar-refractivity contribution is 0.439. The predicted octanol–water partition coefficient (Wildman–Crippen LogP) is 4.08. The largest absolute Gasteiger partial charge is 0.0999 e. The summed E-state index contributed by atoms with van der Waals surface area (Å²) in [5.74, 6) is 1.28. The Hall–Kier alpha value is -1.04. The van der Waals surface area contributed by atoms with Crippen LogP contribution in [-0.4, -0.2) is 0 Å². The molecule has 2 atom stereocenters. The zero-order valence-corrected chi connectivity index (χ0v) is 9.46. The molecule has 0 saturated carbocycles. The highest BCUT2D eigenvalue weighted by atomic mass is 14.2. The van der Waals surface area contributed by atoms with E-state index in [0.717, 1.165) is 6.42 Å². The third-order valence-electron chi connectivity index (χ3n) is 3.03. The molecule has 0 saturated heterocycles. The molecular formula is C14H20. The number of rotatable bonds is 4. The van der Waals surface area contributed by atoms with Crippen LogP contribution in [0.5, 0.6) is 0 Å². The lowest BCUT2D eigenvalue weighted by atomic mass is 9.86. The van der Waals surface area contributed by atoms with Crippen molar-refractivity contribution in [3.05, 3.63) is 48.0 Å². The van der Waals surface area contributed by atoms with Crippen molar-refractivity contribution in [3.8, 4) is 0 Å². The molecule has 0 aliphatic carbocycles. The van der Waals surface area contributed by atoms with Gasteiger partial charge in [-0.2, -0.15) is 0 Å². The molecular weight excluding hydrogens is 168 g/mol. The van der Waals surface area contributed by atoms with Gasteiger partial charge in [0, 0.05) is 0 Å². The summed E-state index contributed by atoms with van der Waals surface area (Å²) in [6.07, 6.45) is 1.15.